The highest BCUT2D eigenvalue weighted by Crippen LogP contribution is 2.24. The summed E-state index contributed by atoms with van der Waals surface area (Å²) in [6.07, 6.45) is 8.74. The molecule has 1 aliphatic carbocycles. The topological polar surface area (TPSA) is 79.4 Å². The molecule has 0 unspecified atom stereocenters. The number of ether oxygens (including phenoxy) is 1. The Kier molecular flexibility index (Phi) is 10.5. The first-order chi connectivity index (χ1) is 9.69. The molecule has 2 rings (SSSR count). The highest BCUT2D eigenvalue weighted by Gasteiger charge is 2.30. The van der Waals surface area contributed by atoms with Crippen LogP contribution in [0, 0.1) is 5.41 Å². The van der Waals surface area contributed by atoms with E-state index in [0.717, 1.165) is 12.1 Å². The lowest BCUT2D eigenvalue weighted by molar-refractivity contribution is 0.139. The maximum atomic E-state index is 11.2. The lowest BCUT2D eigenvalue weighted by Gasteiger charge is -2.28. The molecule has 0 aromatic rings. The standard InChI is InChI=1S/C9H15NO2.C4H8N2.C2H6/c11-9-10(6-7-12-9)8-4-2-1-3-5-8;1-4(2-5)3-6;1-2/h8H,1-7H2;2-3,5H,6H2,1H3;1-2H3/b;4-3-,5-2?;. The van der Waals surface area contributed by atoms with Crippen molar-refractivity contribution in [3.8, 4) is 0 Å². The van der Waals surface area contributed by atoms with Crippen LogP contribution in [0.2, 0.25) is 0 Å². The average Bonchev–Trinajstić information content (AvgIpc) is 2.96. The van der Waals surface area contributed by atoms with Crippen LogP contribution >= 0.6 is 0 Å². The maximum Gasteiger partial charge on any atom is 0.410 e. The van der Waals surface area contributed by atoms with Gasteiger partial charge in [0, 0.05) is 12.3 Å². The summed E-state index contributed by atoms with van der Waals surface area (Å²) >= 11 is 0. The minimum Gasteiger partial charge on any atom is -0.448 e. The number of nitrogens with zero attached hydrogens (tertiary/aromatic N) is 1. The number of hydrogen-bond acceptors (Lipinski definition) is 4. The highest BCUT2D eigenvalue weighted by molar-refractivity contribution is 5.74. The van der Waals surface area contributed by atoms with Gasteiger partial charge in [0.1, 0.15) is 6.61 Å². The number of amides is 1. The summed E-state index contributed by atoms with van der Waals surface area (Å²) < 4.78 is 4.91. The van der Waals surface area contributed by atoms with E-state index in [4.69, 9.17) is 15.9 Å². The summed E-state index contributed by atoms with van der Waals surface area (Å²) in [6, 6.07) is 0.480. The fourth-order valence-electron chi connectivity index (χ4n) is 2.18. The van der Waals surface area contributed by atoms with E-state index >= 15 is 0 Å². The van der Waals surface area contributed by atoms with Crippen LogP contribution in [0.1, 0.15) is 52.9 Å². The Balaban J connectivity index is 0.000000387. The highest BCUT2D eigenvalue weighted by atomic mass is 16.6. The van der Waals surface area contributed by atoms with Crippen LogP contribution in [0.25, 0.3) is 0 Å². The molecule has 0 aromatic carbocycles. The molecule has 5 heteroatoms. The zero-order chi connectivity index (χ0) is 15.4. The Morgan fingerprint density at radius 3 is 2.30 bits per heavy atom. The van der Waals surface area contributed by atoms with Crippen molar-refractivity contribution in [2.24, 2.45) is 5.73 Å². The quantitative estimate of drug-likeness (QED) is 0.763. The van der Waals surface area contributed by atoms with E-state index in [0.29, 0.717) is 12.6 Å². The minimum atomic E-state index is -0.0955. The van der Waals surface area contributed by atoms with E-state index in [2.05, 4.69) is 0 Å². The number of rotatable bonds is 2. The largest absolute Gasteiger partial charge is 0.448 e. The molecule has 1 saturated heterocycles. The van der Waals surface area contributed by atoms with Crippen LogP contribution in [-0.4, -0.2) is 36.4 Å². The summed E-state index contributed by atoms with van der Waals surface area (Å²) in [7, 11) is 0. The molecule has 1 amide bonds. The van der Waals surface area contributed by atoms with Crippen molar-refractivity contribution in [3.05, 3.63) is 11.8 Å². The number of nitrogens with two attached hydrogens (primary N) is 1. The third-order valence-corrected chi connectivity index (χ3v) is 3.30. The van der Waals surface area contributed by atoms with Crippen molar-refractivity contribution in [1.82, 2.24) is 4.90 Å². The molecule has 20 heavy (non-hydrogen) atoms. The molecule has 2 aliphatic rings. The van der Waals surface area contributed by atoms with Gasteiger partial charge in [0.05, 0.1) is 6.54 Å². The molecular weight excluding hydrogens is 254 g/mol. The zero-order valence-corrected chi connectivity index (χ0v) is 13.0. The third kappa shape index (κ3) is 6.59. The van der Waals surface area contributed by atoms with Crippen LogP contribution in [0.3, 0.4) is 0 Å². The summed E-state index contributed by atoms with van der Waals surface area (Å²) in [6.45, 7) is 7.17. The number of nitrogens with one attached hydrogen (secondary N) is 1. The lowest BCUT2D eigenvalue weighted by atomic mass is 9.94. The SMILES string of the molecule is C/C(C=N)=C/N.CC.O=C1OCCN1C1CCCCC1. The summed E-state index contributed by atoms with van der Waals surface area (Å²) in [5.41, 5.74) is 5.76. The molecule has 1 aliphatic heterocycles. The van der Waals surface area contributed by atoms with E-state index in [1.807, 2.05) is 18.7 Å². The molecule has 0 atom stereocenters. The molecule has 1 saturated carbocycles. The number of carbonyl (C=O) groups is 1. The Hall–Kier alpha value is -1.52. The van der Waals surface area contributed by atoms with Gasteiger partial charge in [-0.3, -0.25) is 0 Å². The van der Waals surface area contributed by atoms with Crippen molar-refractivity contribution in [2.75, 3.05) is 13.2 Å². The van der Waals surface area contributed by atoms with Gasteiger partial charge in [0.2, 0.25) is 0 Å². The molecule has 2 fully saturated rings. The molecule has 1 heterocycles. The van der Waals surface area contributed by atoms with Gasteiger partial charge in [0.15, 0.2) is 0 Å². The van der Waals surface area contributed by atoms with E-state index in [1.165, 1.54) is 44.5 Å². The second-order valence-electron chi connectivity index (χ2n) is 4.65. The van der Waals surface area contributed by atoms with Crippen molar-refractivity contribution < 1.29 is 9.53 Å². The van der Waals surface area contributed by atoms with Gasteiger partial charge in [-0.15, -0.1) is 0 Å². The van der Waals surface area contributed by atoms with Crippen LogP contribution in [0.4, 0.5) is 4.79 Å². The van der Waals surface area contributed by atoms with Gasteiger partial charge in [-0.1, -0.05) is 33.1 Å². The Bertz CT molecular complexity index is 310. The summed E-state index contributed by atoms with van der Waals surface area (Å²) in [5, 5.41) is 6.54. The van der Waals surface area contributed by atoms with Crippen LogP contribution in [0.15, 0.2) is 11.8 Å². The number of hydrogen-bond donors (Lipinski definition) is 2. The summed E-state index contributed by atoms with van der Waals surface area (Å²) in [4.78, 5) is 13.1. The maximum absolute atomic E-state index is 11.2. The fraction of sp³-hybridized carbons (Fsp3) is 0.733. The average molecular weight is 283 g/mol. The van der Waals surface area contributed by atoms with Crippen molar-refractivity contribution in [1.29, 1.82) is 5.41 Å². The Labute approximate surface area is 122 Å². The molecule has 0 bridgehead atoms. The van der Waals surface area contributed by atoms with Gasteiger partial charge in [-0.2, -0.15) is 0 Å². The van der Waals surface area contributed by atoms with Crippen molar-refractivity contribution in [3.63, 3.8) is 0 Å². The molecule has 5 nitrogen and oxygen atoms in total. The minimum absolute atomic E-state index is 0.0955. The third-order valence-electron chi connectivity index (χ3n) is 3.30. The van der Waals surface area contributed by atoms with Gasteiger partial charge >= 0.3 is 6.09 Å². The summed E-state index contributed by atoms with van der Waals surface area (Å²) in [5.74, 6) is 0. The number of cyclic esters (lactones) is 1. The smallest absolute Gasteiger partial charge is 0.410 e. The second-order valence-corrected chi connectivity index (χ2v) is 4.65. The fourth-order valence-corrected chi connectivity index (χ4v) is 2.18. The monoisotopic (exact) mass is 283 g/mol. The zero-order valence-electron chi connectivity index (χ0n) is 13.0. The first-order valence-corrected chi connectivity index (χ1v) is 7.51. The van der Waals surface area contributed by atoms with Crippen LogP contribution in [0.5, 0.6) is 0 Å². The van der Waals surface area contributed by atoms with Crippen LogP contribution < -0.4 is 5.73 Å². The van der Waals surface area contributed by atoms with Gasteiger partial charge in [-0.05, 0) is 31.5 Å². The van der Waals surface area contributed by atoms with Gasteiger partial charge < -0.3 is 20.8 Å². The van der Waals surface area contributed by atoms with Crippen LogP contribution in [-0.2, 0) is 4.74 Å². The molecular formula is C15H29N3O2. The molecule has 0 radical (unpaired) electrons. The Morgan fingerprint density at radius 2 is 1.95 bits per heavy atom. The van der Waals surface area contributed by atoms with Gasteiger partial charge in [0.25, 0.3) is 0 Å². The first-order valence-electron chi connectivity index (χ1n) is 7.51. The molecule has 116 valence electrons. The second kappa shape index (κ2) is 11.3. The Morgan fingerprint density at radius 1 is 1.35 bits per heavy atom. The molecule has 0 spiro atoms. The number of allylic oxidation sites excluding steroid dienone is 1. The lowest BCUT2D eigenvalue weighted by Crippen LogP contribution is -2.37. The van der Waals surface area contributed by atoms with Gasteiger partial charge in [-0.25, -0.2) is 4.79 Å². The normalized spacial score (nSPS) is 19.2. The predicted octanol–water partition coefficient (Wildman–Crippen LogP) is 3.30. The van der Waals surface area contributed by atoms with Crippen molar-refractivity contribution in [2.45, 2.75) is 58.9 Å². The van der Waals surface area contributed by atoms with E-state index in [-0.39, 0.29) is 6.09 Å². The number of carbonyl (C=O) groups excluding carboxylic acids is 1. The van der Waals surface area contributed by atoms with Crippen molar-refractivity contribution >= 4 is 12.3 Å². The van der Waals surface area contributed by atoms with E-state index < -0.39 is 0 Å². The van der Waals surface area contributed by atoms with E-state index in [1.54, 1.807) is 6.92 Å². The van der Waals surface area contributed by atoms with E-state index in [9.17, 15) is 4.79 Å². The predicted molar refractivity (Wildman–Crippen MR) is 83.0 cm³/mol. The first kappa shape index (κ1) is 18.5. The molecule has 0 aromatic heterocycles. The molecule has 3 N–H and O–H groups in total.